The fraction of sp³-hybridized carbons (Fsp3) is 0.593. The Morgan fingerprint density at radius 2 is 1.19 bits per heavy atom. The highest BCUT2D eigenvalue weighted by atomic mass is 16.8. The average molecular weight is 1120 g/mol. The smallest absolute Gasteiger partial charge is 0.336 e. The number of amides is 2. The van der Waals surface area contributed by atoms with Gasteiger partial charge in [0.1, 0.15) is 98.7 Å². The maximum absolute atomic E-state index is 13.3. The fourth-order valence-corrected chi connectivity index (χ4v) is 9.84. The van der Waals surface area contributed by atoms with Gasteiger partial charge in [-0.05, 0) is 48.7 Å². The number of carboxylic acids is 1. The summed E-state index contributed by atoms with van der Waals surface area (Å²) >= 11 is 0. The van der Waals surface area contributed by atoms with Gasteiger partial charge >= 0.3 is 5.97 Å². The Balaban J connectivity index is 0.795. The van der Waals surface area contributed by atoms with Gasteiger partial charge < -0.3 is 105 Å². The Labute approximate surface area is 455 Å². The molecule has 0 unspecified atom stereocenters. The number of anilines is 1. The standard InChI is InChI=1S/C54H74N4O21/c1-57(2)28-13-16-31-34(22-28)74-35-23-29(58(3)4)14-17-32(35)40(31)30-15-12-27(21-33(30)51(71)72)50(70)56-19-18-55-39(62)11-9-7-5-6-8-10-20-73-52-46(68)43(65)48(37(25-60)76-52)79-54-47(69)44(66)49(38(26-61)77-54)78-53-45(67)42(64)41(63)36(24-59)75-53/h12-17,21-23,36-38,41-49,52-54,59-61,63-69H,5-11,18-20,24-26H2,1-4H3,(H2-,55,56,62,70,71,72)/p+1/t36-,37-,38-,41+,42+,43-,44-,45-,46-,47-,48-,49+,52-,53-,54+/m1/s1. The summed E-state index contributed by atoms with van der Waals surface area (Å²) in [7, 11) is 7.67. The van der Waals surface area contributed by atoms with E-state index in [1.807, 2.05) is 74.1 Å². The van der Waals surface area contributed by atoms with Gasteiger partial charge in [-0.2, -0.15) is 0 Å². The number of nitrogens with one attached hydrogen (secondary N) is 2. The molecule has 0 saturated carbocycles. The molecule has 15 atom stereocenters. The summed E-state index contributed by atoms with van der Waals surface area (Å²) in [4.78, 5) is 40.6. The number of unbranched alkanes of at least 4 members (excludes halogenated alkanes) is 5. The summed E-state index contributed by atoms with van der Waals surface area (Å²) in [6, 6.07) is 16.0. The van der Waals surface area contributed by atoms with Gasteiger partial charge in [0.05, 0.1) is 31.5 Å². The largest absolute Gasteiger partial charge is 0.478 e. The zero-order valence-electron chi connectivity index (χ0n) is 44.4. The van der Waals surface area contributed by atoms with Crippen molar-refractivity contribution in [3.05, 3.63) is 71.1 Å². The lowest BCUT2D eigenvalue weighted by atomic mass is 9.89. The van der Waals surface area contributed by atoms with Crippen LogP contribution in [0.15, 0.2) is 59.0 Å². The summed E-state index contributed by atoms with van der Waals surface area (Å²) in [5.41, 5.74) is 3.34. The van der Waals surface area contributed by atoms with Crippen molar-refractivity contribution >= 4 is 34.4 Å². The second-order valence-corrected chi connectivity index (χ2v) is 20.4. The molecule has 3 saturated heterocycles. The molecule has 25 heteroatoms. The van der Waals surface area contributed by atoms with Crippen LogP contribution in [0.25, 0.3) is 33.4 Å². The Morgan fingerprint density at radius 3 is 1.81 bits per heavy atom. The highest BCUT2D eigenvalue weighted by molar-refractivity contribution is 6.09. The van der Waals surface area contributed by atoms with Crippen molar-refractivity contribution < 1.29 is 103 Å². The Bertz CT molecular complexity index is 2720. The SMILES string of the molecule is CN(C)c1ccc2c(-c3ccc(C(=O)NCCNC(=O)CCCCCCCCO[C@@H]4O[C@H](CO)[C@@H](O[C@@H]5O[C@H](CO)[C@H](O[C@H]6O[C@H](CO)[C@H](O)[C@H](O)[C@H]6O)[C@H](O)[C@H]5O)[C@H](O)[C@H]4O)cc3C(=O)O)c3ccc(=[N+](C)C)cc-3oc2c1. The van der Waals surface area contributed by atoms with Gasteiger partial charge in [-0.15, -0.1) is 0 Å². The molecule has 0 bridgehead atoms. The number of rotatable bonds is 24. The molecular formula is C54H75N4O21+. The normalized spacial score (nSPS) is 29.1. The van der Waals surface area contributed by atoms with Crippen LogP contribution in [0, 0.1) is 0 Å². The molecule has 25 nitrogen and oxygen atoms in total. The minimum Gasteiger partial charge on any atom is -0.478 e. The van der Waals surface area contributed by atoms with E-state index >= 15 is 0 Å². The molecule has 1 aliphatic carbocycles. The first-order chi connectivity index (χ1) is 37.8. The topological polar surface area (TPSA) is 373 Å². The van der Waals surface area contributed by atoms with Gasteiger partial charge in [0.15, 0.2) is 18.9 Å². The number of aliphatic hydroxyl groups excluding tert-OH is 10. The third-order valence-corrected chi connectivity index (χ3v) is 14.4. The molecule has 5 aliphatic rings. The number of carboxylic acid groups (broad SMARTS) is 1. The highest BCUT2D eigenvalue weighted by Crippen LogP contribution is 2.42. The van der Waals surface area contributed by atoms with Gasteiger partial charge in [0.2, 0.25) is 11.3 Å². The van der Waals surface area contributed by atoms with Crippen LogP contribution in [-0.4, -0.2) is 234 Å². The fourth-order valence-electron chi connectivity index (χ4n) is 9.84. The number of hydrogen-bond acceptors (Lipinski definition) is 21. The third-order valence-electron chi connectivity index (χ3n) is 14.4. The minimum atomic E-state index is -1.95. The Hall–Kier alpha value is -5.30. The van der Waals surface area contributed by atoms with Crippen molar-refractivity contribution in [2.45, 2.75) is 137 Å². The molecule has 0 spiro atoms. The number of benzene rings is 3. The van der Waals surface area contributed by atoms with E-state index in [2.05, 4.69) is 10.6 Å². The van der Waals surface area contributed by atoms with Crippen molar-refractivity contribution in [1.29, 1.82) is 0 Å². The first-order valence-electron chi connectivity index (χ1n) is 26.4. The second kappa shape index (κ2) is 27.9. The first-order valence-corrected chi connectivity index (χ1v) is 26.4. The maximum Gasteiger partial charge on any atom is 0.336 e. The van der Waals surface area contributed by atoms with E-state index in [-0.39, 0.29) is 43.2 Å². The summed E-state index contributed by atoms with van der Waals surface area (Å²) < 4.78 is 41.9. The zero-order valence-corrected chi connectivity index (χ0v) is 44.4. The van der Waals surface area contributed by atoms with E-state index in [0.29, 0.717) is 46.3 Å². The second-order valence-electron chi connectivity index (χ2n) is 20.4. The van der Waals surface area contributed by atoms with Gasteiger partial charge in [0.25, 0.3) is 5.91 Å². The molecule has 2 amide bonds. The van der Waals surface area contributed by atoms with Crippen LogP contribution < -0.4 is 25.5 Å². The van der Waals surface area contributed by atoms with Gasteiger partial charge in [-0.25, -0.2) is 9.37 Å². The van der Waals surface area contributed by atoms with Gasteiger partial charge in [-0.1, -0.05) is 31.7 Å². The summed E-state index contributed by atoms with van der Waals surface area (Å²) in [6.07, 6.45) is -20.4. The lowest BCUT2D eigenvalue weighted by Gasteiger charge is -2.48. The molecule has 2 aromatic rings. The van der Waals surface area contributed by atoms with Crippen molar-refractivity contribution in [2.75, 3.05) is 72.6 Å². The van der Waals surface area contributed by atoms with Crippen molar-refractivity contribution in [3.63, 3.8) is 0 Å². The molecule has 79 heavy (non-hydrogen) atoms. The molecule has 436 valence electrons. The van der Waals surface area contributed by atoms with E-state index in [1.165, 1.54) is 6.07 Å². The predicted molar refractivity (Wildman–Crippen MR) is 279 cm³/mol. The number of hydrogen-bond donors (Lipinski definition) is 13. The van der Waals surface area contributed by atoms with Crippen molar-refractivity contribution in [3.8, 4) is 22.5 Å². The number of carbonyl (C=O) groups is 3. The average Bonchev–Trinajstić information content (AvgIpc) is 3.64. The Morgan fingerprint density at radius 1 is 0.620 bits per heavy atom. The lowest BCUT2D eigenvalue weighted by Crippen LogP contribution is -2.66. The van der Waals surface area contributed by atoms with Gasteiger partial charge in [0, 0.05) is 80.1 Å². The molecule has 4 heterocycles. The monoisotopic (exact) mass is 1120 g/mol. The molecule has 4 aliphatic heterocycles. The van der Waals surface area contributed by atoms with Crippen LogP contribution in [-0.2, 0) is 33.2 Å². The van der Waals surface area contributed by atoms with E-state index in [0.717, 1.165) is 36.7 Å². The maximum atomic E-state index is 13.3. The number of aliphatic hydroxyl groups is 10. The summed E-state index contributed by atoms with van der Waals surface area (Å²) in [5.74, 6) is -1.32. The van der Waals surface area contributed by atoms with E-state index < -0.39 is 124 Å². The minimum absolute atomic E-state index is 0.0606. The highest BCUT2D eigenvalue weighted by Gasteiger charge is 2.53. The third kappa shape index (κ3) is 14.4. The number of carbonyl (C=O) groups excluding carboxylic acids is 2. The van der Waals surface area contributed by atoms with Gasteiger partial charge in [-0.3, -0.25) is 9.59 Å². The van der Waals surface area contributed by atoms with Crippen molar-refractivity contribution in [2.24, 2.45) is 0 Å². The molecular weight excluding hydrogens is 1040 g/mol. The summed E-state index contributed by atoms with van der Waals surface area (Å²) in [6.45, 7) is -1.96. The number of ether oxygens (including phenoxy) is 6. The molecule has 7 rings (SSSR count). The number of fused-ring (bicyclic) bond motifs is 2. The molecule has 3 fully saturated rings. The zero-order chi connectivity index (χ0) is 57.2. The van der Waals surface area contributed by atoms with Crippen LogP contribution in [0.3, 0.4) is 0 Å². The quantitative estimate of drug-likeness (QED) is 0.0206. The predicted octanol–water partition coefficient (Wildman–Crippen LogP) is -1.96. The molecule has 13 N–H and O–H groups in total. The molecule has 0 aromatic heterocycles. The van der Waals surface area contributed by atoms with Crippen LogP contribution in [0.2, 0.25) is 0 Å². The number of aromatic carboxylic acids is 1. The van der Waals surface area contributed by atoms with Crippen LogP contribution >= 0.6 is 0 Å². The van der Waals surface area contributed by atoms with E-state index in [9.17, 15) is 70.6 Å². The molecule has 0 radical (unpaired) electrons. The van der Waals surface area contributed by atoms with Crippen molar-refractivity contribution in [1.82, 2.24) is 15.2 Å². The van der Waals surface area contributed by atoms with Crippen LogP contribution in [0.4, 0.5) is 5.69 Å². The van der Waals surface area contributed by atoms with Crippen LogP contribution in [0.5, 0.6) is 0 Å². The number of nitrogens with zero attached hydrogens (tertiary/aromatic N) is 2. The first kappa shape index (κ1) is 61.3. The van der Waals surface area contributed by atoms with E-state index in [1.54, 1.807) is 12.1 Å². The lowest BCUT2D eigenvalue weighted by molar-refractivity contribution is -0.379. The van der Waals surface area contributed by atoms with E-state index in [4.69, 9.17) is 32.8 Å². The van der Waals surface area contributed by atoms with Crippen LogP contribution in [0.1, 0.15) is 65.7 Å². The Kier molecular flexibility index (Phi) is 21.7. The molecule has 2 aromatic carbocycles. The summed E-state index contributed by atoms with van der Waals surface area (Å²) in [5, 5.41) is 122.